The highest BCUT2D eigenvalue weighted by Crippen LogP contribution is 2.36. The molecule has 0 aliphatic heterocycles. The van der Waals surface area contributed by atoms with Gasteiger partial charge in [-0.15, -0.1) is 5.10 Å². The molecule has 3 aromatic rings. The van der Waals surface area contributed by atoms with Crippen molar-refractivity contribution in [2.45, 2.75) is 37.4 Å². The quantitative estimate of drug-likeness (QED) is 0.556. The van der Waals surface area contributed by atoms with Crippen molar-refractivity contribution in [3.63, 3.8) is 0 Å². The van der Waals surface area contributed by atoms with Crippen molar-refractivity contribution in [1.82, 2.24) is 25.2 Å². The number of hydrogen-bond acceptors (Lipinski definition) is 5. The van der Waals surface area contributed by atoms with Crippen molar-refractivity contribution < 1.29 is 4.79 Å². The molecule has 1 saturated carbocycles. The van der Waals surface area contributed by atoms with Gasteiger partial charge in [-0.3, -0.25) is 4.79 Å². The Balaban J connectivity index is 1.54. The average molecular weight is 327 g/mol. The lowest BCUT2D eigenvalue weighted by molar-refractivity contribution is 0.102. The first-order valence-electron chi connectivity index (χ1n) is 7.80. The molecule has 0 unspecified atom stereocenters. The van der Waals surface area contributed by atoms with E-state index < -0.39 is 0 Å². The Labute approximate surface area is 137 Å². The summed E-state index contributed by atoms with van der Waals surface area (Å²) in [5, 5.41) is 13.5. The number of carbonyl (C=O) groups is 1. The van der Waals surface area contributed by atoms with Gasteiger partial charge in [0.25, 0.3) is 0 Å². The number of benzene rings is 1. The van der Waals surface area contributed by atoms with Crippen LogP contribution >= 0.6 is 11.8 Å². The Morgan fingerprint density at radius 1 is 1.43 bits per heavy atom. The zero-order valence-corrected chi connectivity index (χ0v) is 13.6. The Bertz CT molecular complexity index is 864. The van der Waals surface area contributed by atoms with Gasteiger partial charge in [0.1, 0.15) is 0 Å². The lowest BCUT2D eigenvalue weighted by Gasteiger charge is -2.02. The molecule has 2 heterocycles. The largest absolute Gasteiger partial charge is 0.360 e. The zero-order valence-electron chi connectivity index (χ0n) is 12.8. The van der Waals surface area contributed by atoms with E-state index in [-0.39, 0.29) is 5.78 Å². The molecule has 1 fully saturated rings. The Morgan fingerprint density at radius 3 is 3.09 bits per heavy atom. The highest BCUT2D eigenvalue weighted by atomic mass is 32.2. The standard InChI is InChI=1S/C16H17N5OS/c1-2-10-4-3-5-12-13(8-17-15(10)12)14(22)9-23-16-18-19-20-21(16)11-6-7-11/h3-5,8,11,17H,2,6-7,9H2,1H3. The summed E-state index contributed by atoms with van der Waals surface area (Å²) in [6.45, 7) is 2.12. The lowest BCUT2D eigenvalue weighted by atomic mass is 10.1. The summed E-state index contributed by atoms with van der Waals surface area (Å²) in [7, 11) is 0. The van der Waals surface area contributed by atoms with E-state index in [0.29, 0.717) is 11.8 Å². The number of nitrogens with zero attached hydrogens (tertiary/aromatic N) is 4. The van der Waals surface area contributed by atoms with Crippen molar-refractivity contribution in [1.29, 1.82) is 0 Å². The normalized spacial score (nSPS) is 14.5. The number of H-pyrrole nitrogens is 1. The van der Waals surface area contributed by atoms with E-state index in [4.69, 9.17) is 0 Å². The molecule has 118 valence electrons. The first-order chi connectivity index (χ1) is 11.3. The maximum atomic E-state index is 12.6. The van der Waals surface area contributed by atoms with Crippen LogP contribution in [0, 0.1) is 0 Å². The van der Waals surface area contributed by atoms with Crippen molar-refractivity contribution in [3.8, 4) is 0 Å². The second-order valence-corrected chi connectivity index (χ2v) is 6.69. The number of aromatic amines is 1. The summed E-state index contributed by atoms with van der Waals surface area (Å²) >= 11 is 1.41. The van der Waals surface area contributed by atoms with Crippen LogP contribution in [0.5, 0.6) is 0 Å². The number of aromatic nitrogens is 5. The van der Waals surface area contributed by atoms with Crippen LogP contribution in [0.3, 0.4) is 0 Å². The first-order valence-corrected chi connectivity index (χ1v) is 8.79. The van der Waals surface area contributed by atoms with Crippen LogP contribution in [0.1, 0.15) is 41.7 Å². The molecule has 23 heavy (non-hydrogen) atoms. The number of Topliss-reactive ketones (excluding diaryl/α,β-unsaturated/α-hetero) is 1. The highest BCUT2D eigenvalue weighted by Gasteiger charge is 2.28. The van der Waals surface area contributed by atoms with Crippen molar-refractivity contribution >= 4 is 28.4 Å². The molecule has 0 spiro atoms. The molecular weight excluding hydrogens is 310 g/mol. The molecule has 0 radical (unpaired) electrons. The molecular formula is C16H17N5OS. The van der Waals surface area contributed by atoms with E-state index in [1.807, 2.05) is 23.0 Å². The fraction of sp³-hybridized carbons (Fsp3) is 0.375. The zero-order chi connectivity index (χ0) is 15.8. The molecule has 0 bridgehead atoms. The van der Waals surface area contributed by atoms with Crippen LogP contribution in [0.15, 0.2) is 29.6 Å². The molecule has 0 amide bonds. The second-order valence-electron chi connectivity index (χ2n) is 5.74. The molecule has 1 N–H and O–H groups in total. The van der Waals surface area contributed by atoms with Gasteiger partial charge in [0.2, 0.25) is 5.16 Å². The predicted molar refractivity (Wildman–Crippen MR) is 88.8 cm³/mol. The van der Waals surface area contributed by atoms with Crippen LogP contribution in [0.25, 0.3) is 10.9 Å². The minimum Gasteiger partial charge on any atom is -0.360 e. The van der Waals surface area contributed by atoms with Crippen molar-refractivity contribution in [2.24, 2.45) is 0 Å². The third-order valence-corrected chi connectivity index (χ3v) is 5.10. The number of rotatable bonds is 6. The summed E-state index contributed by atoms with van der Waals surface area (Å²) < 4.78 is 1.84. The number of hydrogen-bond donors (Lipinski definition) is 1. The fourth-order valence-corrected chi connectivity index (χ4v) is 3.61. The molecule has 2 aromatic heterocycles. The molecule has 1 aliphatic carbocycles. The van der Waals surface area contributed by atoms with Crippen molar-refractivity contribution in [2.75, 3.05) is 5.75 Å². The SMILES string of the molecule is CCc1cccc2c(C(=O)CSc3nnnn3C3CC3)c[nH]c12. The van der Waals surface area contributed by atoms with Crippen LogP contribution in [-0.2, 0) is 6.42 Å². The van der Waals surface area contributed by atoms with Gasteiger partial charge in [0, 0.05) is 22.7 Å². The summed E-state index contributed by atoms with van der Waals surface area (Å²) in [6, 6.07) is 6.51. The van der Waals surface area contributed by atoms with Gasteiger partial charge >= 0.3 is 0 Å². The Morgan fingerprint density at radius 2 is 2.30 bits per heavy atom. The number of para-hydroxylation sites is 1. The molecule has 0 saturated heterocycles. The van der Waals surface area contributed by atoms with Gasteiger partial charge in [0.05, 0.1) is 11.8 Å². The van der Waals surface area contributed by atoms with E-state index in [0.717, 1.165) is 40.9 Å². The third kappa shape index (κ3) is 2.65. The maximum Gasteiger partial charge on any atom is 0.210 e. The molecule has 4 rings (SSSR count). The minimum atomic E-state index is 0.0971. The summed E-state index contributed by atoms with van der Waals surface area (Å²) in [5.41, 5.74) is 3.03. The molecule has 6 nitrogen and oxygen atoms in total. The van der Waals surface area contributed by atoms with Gasteiger partial charge in [-0.25, -0.2) is 4.68 Å². The molecule has 0 atom stereocenters. The first kappa shape index (κ1) is 14.4. The number of fused-ring (bicyclic) bond motifs is 1. The van der Waals surface area contributed by atoms with Crippen LogP contribution in [-0.4, -0.2) is 36.7 Å². The van der Waals surface area contributed by atoms with Gasteiger partial charge < -0.3 is 4.98 Å². The predicted octanol–water partition coefficient (Wildman–Crippen LogP) is 3.03. The number of ketones is 1. The van der Waals surface area contributed by atoms with Gasteiger partial charge in [-0.05, 0) is 35.3 Å². The molecule has 1 aliphatic rings. The van der Waals surface area contributed by atoms with Crippen LogP contribution < -0.4 is 0 Å². The van der Waals surface area contributed by atoms with Gasteiger partial charge in [0.15, 0.2) is 5.78 Å². The smallest absolute Gasteiger partial charge is 0.210 e. The fourth-order valence-electron chi connectivity index (χ4n) is 2.78. The average Bonchev–Trinajstić information content (AvgIpc) is 3.15. The number of nitrogens with one attached hydrogen (secondary N) is 1. The maximum absolute atomic E-state index is 12.6. The van der Waals surface area contributed by atoms with E-state index in [1.165, 1.54) is 17.3 Å². The lowest BCUT2D eigenvalue weighted by Crippen LogP contribution is -2.04. The number of thioether (sulfide) groups is 1. The number of tetrazole rings is 1. The topological polar surface area (TPSA) is 76.5 Å². The van der Waals surface area contributed by atoms with Crippen LogP contribution in [0.2, 0.25) is 0 Å². The van der Waals surface area contributed by atoms with Crippen molar-refractivity contribution in [3.05, 3.63) is 35.5 Å². The number of carbonyl (C=O) groups excluding carboxylic acids is 1. The van der Waals surface area contributed by atoms with E-state index in [2.05, 4.69) is 33.5 Å². The third-order valence-electron chi connectivity index (χ3n) is 4.17. The monoisotopic (exact) mass is 327 g/mol. The van der Waals surface area contributed by atoms with Gasteiger partial charge in [-0.1, -0.05) is 36.9 Å². The van der Waals surface area contributed by atoms with Crippen LogP contribution in [0.4, 0.5) is 0 Å². The summed E-state index contributed by atoms with van der Waals surface area (Å²) in [4.78, 5) is 15.8. The highest BCUT2D eigenvalue weighted by molar-refractivity contribution is 7.99. The van der Waals surface area contributed by atoms with Gasteiger partial charge in [-0.2, -0.15) is 0 Å². The summed E-state index contributed by atoms with van der Waals surface area (Å²) in [6.07, 6.45) is 5.00. The Kier molecular flexibility index (Phi) is 3.65. The minimum absolute atomic E-state index is 0.0971. The van der Waals surface area contributed by atoms with E-state index in [9.17, 15) is 4.79 Å². The number of aryl methyl sites for hydroxylation is 1. The molecule has 7 heteroatoms. The second kappa shape index (κ2) is 5.81. The Hall–Kier alpha value is -2.15. The molecule has 1 aromatic carbocycles. The van der Waals surface area contributed by atoms with E-state index in [1.54, 1.807) is 0 Å². The summed E-state index contributed by atoms with van der Waals surface area (Å²) in [5.74, 6) is 0.441. The van der Waals surface area contributed by atoms with E-state index >= 15 is 0 Å².